The van der Waals surface area contributed by atoms with Crippen LogP contribution >= 0.6 is 0 Å². The maximum atomic E-state index is 12.4. The summed E-state index contributed by atoms with van der Waals surface area (Å²) in [6.45, 7) is 2.40. The van der Waals surface area contributed by atoms with E-state index in [9.17, 15) is 4.79 Å². The monoisotopic (exact) mass is 469 g/mol. The van der Waals surface area contributed by atoms with Gasteiger partial charge in [0.2, 0.25) is 5.91 Å². The zero-order valence-electron chi connectivity index (χ0n) is 19.8. The summed E-state index contributed by atoms with van der Waals surface area (Å²) in [6, 6.07) is 19.3. The van der Waals surface area contributed by atoms with Gasteiger partial charge in [-0.15, -0.1) is 0 Å². The summed E-state index contributed by atoms with van der Waals surface area (Å²) in [4.78, 5) is 23.4. The minimum absolute atomic E-state index is 0.282. The molecule has 2 fully saturated rings. The zero-order chi connectivity index (χ0) is 24.0. The summed E-state index contributed by atoms with van der Waals surface area (Å²) in [7, 11) is 0. The van der Waals surface area contributed by atoms with Crippen molar-refractivity contribution in [2.24, 2.45) is 16.8 Å². The van der Waals surface area contributed by atoms with E-state index < -0.39 is 0 Å². The molecule has 3 aromatic rings. The number of carbonyl (C=O) groups is 1. The van der Waals surface area contributed by atoms with Crippen LogP contribution in [0.2, 0.25) is 0 Å². The van der Waals surface area contributed by atoms with Crippen molar-refractivity contribution >= 4 is 29.3 Å². The highest BCUT2D eigenvalue weighted by molar-refractivity contribution is 5.92. The van der Waals surface area contributed by atoms with Gasteiger partial charge in [-0.2, -0.15) is 0 Å². The second-order valence-corrected chi connectivity index (χ2v) is 9.29. The van der Waals surface area contributed by atoms with E-state index in [1.54, 1.807) is 6.20 Å². The van der Waals surface area contributed by atoms with Gasteiger partial charge in [0, 0.05) is 49.2 Å². The quantitative estimate of drug-likeness (QED) is 0.439. The van der Waals surface area contributed by atoms with Crippen LogP contribution in [-0.4, -0.2) is 41.6 Å². The molecule has 1 aliphatic carbocycles. The lowest BCUT2D eigenvalue weighted by molar-refractivity contribution is -0.134. The Kier molecular flexibility index (Phi) is 6.93. The molecule has 1 saturated heterocycles. The molecule has 0 spiro atoms. The van der Waals surface area contributed by atoms with Crippen molar-refractivity contribution in [2.45, 2.75) is 25.7 Å². The lowest BCUT2D eigenvalue weighted by Gasteiger charge is -2.32. The maximum Gasteiger partial charge on any atom is 0.225 e. The Bertz CT molecular complexity index is 1180. The topological polar surface area (TPSA) is 92.8 Å². The molecule has 1 atom stereocenters. The van der Waals surface area contributed by atoms with E-state index in [0.717, 1.165) is 67.2 Å². The van der Waals surface area contributed by atoms with Gasteiger partial charge in [0.25, 0.3) is 0 Å². The molecule has 7 heteroatoms. The van der Waals surface area contributed by atoms with E-state index in [4.69, 9.17) is 15.5 Å². The van der Waals surface area contributed by atoms with Crippen LogP contribution in [0.3, 0.4) is 0 Å². The first-order valence-corrected chi connectivity index (χ1v) is 12.3. The van der Waals surface area contributed by atoms with Crippen molar-refractivity contribution in [1.82, 2.24) is 9.88 Å². The van der Waals surface area contributed by atoms with Crippen molar-refractivity contribution in [3.63, 3.8) is 0 Å². The third kappa shape index (κ3) is 5.98. The highest BCUT2D eigenvalue weighted by Crippen LogP contribution is 2.33. The van der Waals surface area contributed by atoms with Gasteiger partial charge in [-0.1, -0.05) is 18.2 Å². The van der Waals surface area contributed by atoms with Gasteiger partial charge in [-0.05, 0) is 74.1 Å². The number of hydrogen-bond acceptors (Lipinski definition) is 6. The van der Waals surface area contributed by atoms with E-state index in [1.807, 2.05) is 71.8 Å². The summed E-state index contributed by atoms with van der Waals surface area (Å²) >= 11 is 0. The number of nitrogens with two attached hydrogens (primary N) is 1. The van der Waals surface area contributed by atoms with Crippen LogP contribution in [0.25, 0.3) is 0 Å². The third-order valence-electron chi connectivity index (χ3n) is 6.47. The average molecular weight is 470 g/mol. The predicted molar refractivity (Wildman–Crippen MR) is 139 cm³/mol. The molecule has 1 unspecified atom stereocenters. The zero-order valence-corrected chi connectivity index (χ0v) is 19.8. The fraction of sp³-hybridized carbons (Fsp3) is 0.321. The van der Waals surface area contributed by atoms with E-state index in [-0.39, 0.29) is 5.92 Å². The number of carbonyl (C=O) groups excluding carboxylic acids is 1. The van der Waals surface area contributed by atoms with Crippen LogP contribution in [0, 0.1) is 11.8 Å². The Morgan fingerprint density at radius 2 is 1.86 bits per heavy atom. The molecule has 0 radical (unpaired) electrons. The molecule has 35 heavy (non-hydrogen) atoms. The first-order chi connectivity index (χ1) is 17.2. The molecular weight excluding hydrogens is 438 g/mol. The van der Waals surface area contributed by atoms with E-state index >= 15 is 0 Å². The number of amides is 1. The largest absolute Gasteiger partial charge is 0.457 e. The molecule has 5 rings (SSSR count). The van der Waals surface area contributed by atoms with Crippen LogP contribution in [0.4, 0.5) is 17.2 Å². The Morgan fingerprint density at radius 1 is 1.09 bits per heavy atom. The number of pyridine rings is 1. The van der Waals surface area contributed by atoms with Crippen molar-refractivity contribution in [3.05, 3.63) is 72.4 Å². The van der Waals surface area contributed by atoms with E-state index in [2.05, 4.69) is 10.3 Å². The summed E-state index contributed by atoms with van der Waals surface area (Å²) in [5.74, 6) is 2.98. The fourth-order valence-electron chi connectivity index (χ4n) is 4.42. The first kappa shape index (κ1) is 22.9. The number of nitrogen functional groups attached to an aromatic ring is 1. The van der Waals surface area contributed by atoms with Crippen LogP contribution in [0.15, 0.2) is 71.9 Å². The van der Waals surface area contributed by atoms with Crippen LogP contribution in [-0.2, 0) is 4.79 Å². The number of rotatable bonds is 8. The number of ether oxygens (including phenoxy) is 1. The number of nitrogens with zero attached hydrogens (tertiary/aromatic N) is 3. The molecule has 1 aromatic heterocycles. The number of benzene rings is 2. The van der Waals surface area contributed by atoms with Gasteiger partial charge < -0.3 is 20.7 Å². The Hall–Kier alpha value is -3.87. The molecule has 1 aliphatic heterocycles. The van der Waals surface area contributed by atoms with Crippen LogP contribution < -0.4 is 15.8 Å². The Labute approximate surface area is 206 Å². The number of likely N-dealkylation sites (tertiary alicyclic amines) is 1. The van der Waals surface area contributed by atoms with Gasteiger partial charge in [0.05, 0.1) is 5.69 Å². The first-order valence-electron chi connectivity index (χ1n) is 12.3. The van der Waals surface area contributed by atoms with E-state index in [1.165, 1.54) is 0 Å². The van der Waals surface area contributed by atoms with Crippen LogP contribution in [0.1, 0.15) is 31.2 Å². The van der Waals surface area contributed by atoms with Crippen LogP contribution in [0.5, 0.6) is 11.5 Å². The number of hydrogen-bond donors (Lipinski definition) is 2. The lowest BCUT2D eigenvalue weighted by Crippen LogP contribution is -2.41. The smallest absolute Gasteiger partial charge is 0.225 e. The Balaban J connectivity index is 1.21. The normalized spacial score (nSPS) is 17.9. The molecule has 3 N–H and O–H groups in total. The number of para-hydroxylation sites is 1. The van der Waals surface area contributed by atoms with Gasteiger partial charge in [0.15, 0.2) is 0 Å². The van der Waals surface area contributed by atoms with Crippen molar-refractivity contribution in [3.8, 4) is 11.5 Å². The molecule has 2 aliphatic rings. The maximum absolute atomic E-state index is 12.4. The highest BCUT2D eigenvalue weighted by Gasteiger charge is 2.35. The van der Waals surface area contributed by atoms with Crippen molar-refractivity contribution in [1.29, 1.82) is 0 Å². The third-order valence-corrected chi connectivity index (χ3v) is 6.47. The number of aromatic nitrogens is 1. The fourth-order valence-corrected chi connectivity index (χ4v) is 4.42. The SMILES string of the molecule is Nc1nccc(C=NCC2CCCN(C(=O)C3CC3)C2)c1Nc1ccc(Oc2ccccc2)cc1. The molecule has 2 heterocycles. The van der Waals surface area contributed by atoms with Gasteiger partial charge >= 0.3 is 0 Å². The Morgan fingerprint density at radius 3 is 2.63 bits per heavy atom. The standard InChI is InChI=1S/C28H31N5O2/c29-27-26(32-23-10-12-25(13-11-23)35-24-6-2-1-3-7-24)22(14-15-31-27)18-30-17-20-5-4-16-33(19-20)28(34)21-8-9-21/h1-3,6-7,10-15,18,20-21,32H,4-5,8-9,16-17,19H2,(H2,29,31). The van der Waals surface area contributed by atoms with Gasteiger partial charge in [-0.25, -0.2) is 4.98 Å². The molecule has 1 saturated carbocycles. The number of nitrogens with one attached hydrogen (secondary N) is 1. The molecule has 7 nitrogen and oxygen atoms in total. The molecule has 2 aromatic carbocycles. The van der Waals surface area contributed by atoms with Crippen molar-refractivity contribution in [2.75, 3.05) is 30.7 Å². The summed E-state index contributed by atoms with van der Waals surface area (Å²) in [5.41, 5.74) is 8.68. The molecule has 180 valence electrons. The predicted octanol–water partition coefficient (Wildman–Crippen LogP) is 5.27. The number of anilines is 3. The lowest BCUT2D eigenvalue weighted by atomic mass is 9.98. The highest BCUT2D eigenvalue weighted by atomic mass is 16.5. The van der Waals surface area contributed by atoms with Crippen molar-refractivity contribution < 1.29 is 9.53 Å². The molecule has 1 amide bonds. The van der Waals surface area contributed by atoms with Gasteiger partial charge in [0.1, 0.15) is 17.3 Å². The van der Waals surface area contributed by atoms with Gasteiger partial charge in [-0.3, -0.25) is 9.79 Å². The number of aliphatic imine (C=N–C) groups is 1. The number of piperidine rings is 1. The summed E-state index contributed by atoms with van der Waals surface area (Å²) in [5, 5.41) is 3.37. The second kappa shape index (κ2) is 10.6. The average Bonchev–Trinajstić information content (AvgIpc) is 3.73. The summed E-state index contributed by atoms with van der Waals surface area (Å²) in [6.07, 6.45) is 7.81. The summed E-state index contributed by atoms with van der Waals surface area (Å²) < 4.78 is 5.87. The molecule has 0 bridgehead atoms. The molecular formula is C28H31N5O2. The second-order valence-electron chi connectivity index (χ2n) is 9.29. The van der Waals surface area contributed by atoms with E-state index in [0.29, 0.717) is 24.2 Å². The minimum atomic E-state index is 0.282. The minimum Gasteiger partial charge on any atom is -0.457 e.